The quantitative estimate of drug-likeness (QED) is 0.518. The van der Waals surface area contributed by atoms with Crippen molar-refractivity contribution in [2.45, 2.75) is 51.7 Å². The van der Waals surface area contributed by atoms with Gasteiger partial charge in [0.1, 0.15) is 11.2 Å². The SMILES string of the molecule is C=CC(C)(C)OC(=O)CCC(=O)OC(C)(C)C=C. The van der Waals surface area contributed by atoms with Crippen molar-refractivity contribution in [1.29, 1.82) is 0 Å². The van der Waals surface area contributed by atoms with Gasteiger partial charge < -0.3 is 9.47 Å². The third kappa shape index (κ3) is 6.89. The molecule has 0 aromatic heterocycles. The molecule has 0 saturated carbocycles. The second kappa shape index (κ2) is 6.38. The zero-order chi connectivity index (χ0) is 14.4. The predicted molar refractivity (Wildman–Crippen MR) is 70.0 cm³/mol. The van der Waals surface area contributed by atoms with Crippen molar-refractivity contribution in [1.82, 2.24) is 0 Å². The van der Waals surface area contributed by atoms with Crippen molar-refractivity contribution in [3.63, 3.8) is 0 Å². The third-order valence-electron chi connectivity index (χ3n) is 2.27. The molecule has 102 valence electrons. The lowest BCUT2D eigenvalue weighted by atomic mass is 10.1. The highest BCUT2D eigenvalue weighted by molar-refractivity contribution is 5.78. The Labute approximate surface area is 109 Å². The summed E-state index contributed by atoms with van der Waals surface area (Å²) in [6.45, 7) is 14.0. The normalized spacial score (nSPS) is 11.6. The maximum atomic E-state index is 11.5. The van der Waals surface area contributed by atoms with E-state index in [4.69, 9.17) is 9.47 Å². The van der Waals surface area contributed by atoms with E-state index in [1.54, 1.807) is 27.7 Å². The van der Waals surface area contributed by atoms with Crippen LogP contribution >= 0.6 is 0 Å². The molecule has 0 N–H and O–H groups in total. The Balaban J connectivity index is 4.11. The van der Waals surface area contributed by atoms with Gasteiger partial charge in [0.15, 0.2) is 0 Å². The molecule has 0 radical (unpaired) electrons. The maximum absolute atomic E-state index is 11.5. The molecule has 0 aliphatic heterocycles. The van der Waals surface area contributed by atoms with Crippen LogP contribution in [-0.2, 0) is 19.1 Å². The molecule has 0 atom stereocenters. The molecule has 0 rings (SSSR count). The second-order valence-electron chi connectivity index (χ2n) is 5.06. The topological polar surface area (TPSA) is 52.6 Å². The van der Waals surface area contributed by atoms with Crippen LogP contribution in [0.2, 0.25) is 0 Å². The van der Waals surface area contributed by atoms with Crippen molar-refractivity contribution in [2.75, 3.05) is 0 Å². The molecule has 0 heterocycles. The Hall–Kier alpha value is -1.58. The van der Waals surface area contributed by atoms with Gasteiger partial charge in [-0.1, -0.05) is 13.2 Å². The van der Waals surface area contributed by atoms with Crippen LogP contribution < -0.4 is 0 Å². The van der Waals surface area contributed by atoms with Crippen LogP contribution in [0.1, 0.15) is 40.5 Å². The zero-order valence-corrected chi connectivity index (χ0v) is 11.6. The minimum absolute atomic E-state index is 0.0106. The van der Waals surface area contributed by atoms with Gasteiger partial charge in [0.2, 0.25) is 0 Å². The van der Waals surface area contributed by atoms with E-state index < -0.39 is 23.1 Å². The van der Waals surface area contributed by atoms with Gasteiger partial charge in [-0.15, -0.1) is 0 Å². The standard InChI is InChI=1S/C14H22O4/c1-7-13(3,4)17-11(15)9-10-12(16)18-14(5,6)8-2/h7-8H,1-2,9-10H2,3-6H3. The van der Waals surface area contributed by atoms with Crippen LogP contribution in [0.4, 0.5) is 0 Å². The van der Waals surface area contributed by atoms with Gasteiger partial charge in [-0.05, 0) is 39.8 Å². The van der Waals surface area contributed by atoms with Gasteiger partial charge in [-0.3, -0.25) is 9.59 Å². The lowest BCUT2D eigenvalue weighted by molar-refractivity contribution is -0.159. The number of carbonyl (C=O) groups is 2. The van der Waals surface area contributed by atoms with Crippen LogP contribution in [0.15, 0.2) is 25.3 Å². The summed E-state index contributed by atoms with van der Waals surface area (Å²) in [5.74, 6) is -0.901. The molecule has 0 aromatic carbocycles. The van der Waals surface area contributed by atoms with Gasteiger partial charge in [-0.2, -0.15) is 0 Å². The van der Waals surface area contributed by atoms with Crippen molar-refractivity contribution < 1.29 is 19.1 Å². The van der Waals surface area contributed by atoms with E-state index in [0.717, 1.165) is 0 Å². The molecule has 0 bridgehead atoms. The molecule has 0 aliphatic rings. The fourth-order valence-corrected chi connectivity index (χ4v) is 0.976. The number of esters is 2. The van der Waals surface area contributed by atoms with Crippen LogP contribution in [-0.4, -0.2) is 23.1 Å². The van der Waals surface area contributed by atoms with Gasteiger partial charge >= 0.3 is 11.9 Å². The van der Waals surface area contributed by atoms with Gasteiger partial charge in [0.05, 0.1) is 12.8 Å². The van der Waals surface area contributed by atoms with Gasteiger partial charge in [0, 0.05) is 0 Å². The highest BCUT2D eigenvalue weighted by Gasteiger charge is 2.22. The lowest BCUT2D eigenvalue weighted by Gasteiger charge is -2.22. The van der Waals surface area contributed by atoms with E-state index in [9.17, 15) is 9.59 Å². The number of carbonyl (C=O) groups excluding carboxylic acids is 2. The first kappa shape index (κ1) is 16.4. The van der Waals surface area contributed by atoms with Crippen LogP contribution in [0.25, 0.3) is 0 Å². The second-order valence-corrected chi connectivity index (χ2v) is 5.06. The Morgan fingerprint density at radius 3 is 1.39 bits per heavy atom. The molecule has 0 fully saturated rings. The summed E-state index contributed by atoms with van der Waals surface area (Å²) >= 11 is 0. The van der Waals surface area contributed by atoms with Crippen LogP contribution in [0.5, 0.6) is 0 Å². The van der Waals surface area contributed by atoms with Crippen molar-refractivity contribution >= 4 is 11.9 Å². The molecular weight excluding hydrogens is 232 g/mol. The molecule has 0 aliphatic carbocycles. The first-order chi connectivity index (χ1) is 8.12. The average Bonchev–Trinajstić information content (AvgIpc) is 2.25. The summed E-state index contributed by atoms with van der Waals surface area (Å²) < 4.78 is 10.2. The summed E-state index contributed by atoms with van der Waals surface area (Å²) in [7, 11) is 0. The molecule has 0 aromatic rings. The number of hydrogen-bond donors (Lipinski definition) is 0. The van der Waals surface area contributed by atoms with Crippen molar-refractivity contribution in [3.8, 4) is 0 Å². The van der Waals surface area contributed by atoms with Crippen molar-refractivity contribution in [3.05, 3.63) is 25.3 Å². The number of rotatable bonds is 7. The molecule has 0 saturated heterocycles. The van der Waals surface area contributed by atoms with Gasteiger partial charge in [-0.25, -0.2) is 0 Å². The average molecular weight is 254 g/mol. The molecule has 0 amide bonds. The number of hydrogen-bond acceptors (Lipinski definition) is 4. The molecule has 0 unspecified atom stereocenters. The molecule has 4 heteroatoms. The minimum Gasteiger partial charge on any atom is -0.455 e. The Morgan fingerprint density at radius 1 is 0.889 bits per heavy atom. The van der Waals surface area contributed by atoms with E-state index >= 15 is 0 Å². The van der Waals surface area contributed by atoms with Gasteiger partial charge in [0.25, 0.3) is 0 Å². The number of ether oxygens (including phenoxy) is 2. The monoisotopic (exact) mass is 254 g/mol. The fourth-order valence-electron chi connectivity index (χ4n) is 0.976. The Kier molecular flexibility index (Phi) is 5.82. The van der Waals surface area contributed by atoms with E-state index in [-0.39, 0.29) is 12.8 Å². The first-order valence-electron chi connectivity index (χ1n) is 5.83. The third-order valence-corrected chi connectivity index (χ3v) is 2.27. The Bertz CT molecular complexity index is 306. The lowest BCUT2D eigenvalue weighted by Crippen LogP contribution is -2.27. The largest absolute Gasteiger partial charge is 0.455 e. The van der Waals surface area contributed by atoms with E-state index in [1.165, 1.54) is 12.2 Å². The summed E-state index contributed by atoms with van der Waals surface area (Å²) in [5, 5.41) is 0. The predicted octanol–water partition coefficient (Wildman–Crippen LogP) is 2.78. The molecule has 18 heavy (non-hydrogen) atoms. The molecule has 0 spiro atoms. The van der Waals surface area contributed by atoms with Crippen LogP contribution in [0, 0.1) is 0 Å². The summed E-state index contributed by atoms with van der Waals surface area (Å²) in [6.07, 6.45) is 3.04. The smallest absolute Gasteiger partial charge is 0.307 e. The highest BCUT2D eigenvalue weighted by Crippen LogP contribution is 2.14. The summed E-state index contributed by atoms with van der Waals surface area (Å²) in [4.78, 5) is 22.9. The van der Waals surface area contributed by atoms with E-state index in [0.29, 0.717) is 0 Å². The minimum atomic E-state index is -0.721. The highest BCUT2D eigenvalue weighted by atomic mass is 16.6. The fraction of sp³-hybridized carbons (Fsp3) is 0.571. The Morgan fingerprint density at radius 2 is 1.17 bits per heavy atom. The summed E-state index contributed by atoms with van der Waals surface area (Å²) in [5.41, 5.74) is -1.44. The molecule has 4 nitrogen and oxygen atoms in total. The molecular formula is C14H22O4. The zero-order valence-electron chi connectivity index (χ0n) is 11.6. The first-order valence-corrected chi connectivity index (χ1v) is 5.83. The summed E-state index contributed by atoms with van der Waals surface area (Å²) in [6, 6.07) is 0. The van der Waals surface area contributed by atoms with E-state index in [2.05, 4.69) is 13.2 Å². The van der Waals surface area contributed by atoms with E-state index in [1.807, 2.05) is 0 Å². The van der Waals surface area contributed by atoms with Crippen LogP contribution in [0.3, 0.4) is 0 Å². The maximum Gasteiger partial charge on any atom is 0.307 e. The van der Waals surface area contributed by atoms with Crippen molar-refractivity contribution in [2.24, 2.45) is 0 Å².